The fraction of sp³-hybridized carbons (Fsp3) is 0.424. The molecule has 0 saturated heterocycles. The molecule has 1 aliphatic rings. The number of hydrogen-bond donors (Lipinski definition) is 2. The van der Waals surface area contributed by atoms with Gasteiger partial charge in [-0.2, -0.15) is 0 Å². The molecule has 2 aromatic heterocycles. The van der Waals surface area contributed by atoms with Crippen molar-refractivity contribution >= 4 is 33.3 Å². The number of fused-ring (bicyclic) bond motifs is 1. The lowest BCUT2D eigenvalue weighted by Crippen LogP contribution is -2.43. The van der Waals surface area contributed by atoms with E-state index in [4.69, 9.17) is 4.74 Å². The molecular formula is C33H39F2N5O4S. The van der Waals surface area contributed by atoms with E-state index in [1.807, 2.05) is 31.0 Å². The number of nitrogens with zero attached hydrogens (tertiary/aromatic N) is 3. The van der Waals surface area contributed by atoms with Crippen molar-refractivity contribution in [1.82, 2.24) is 19.4 Å². The number of carbonyl (C=O) groups is 1. The SMILES string of the molecule is CCNC(=O)Nc1ccc(-c2sc3c(c2CN(C)CCOC)c(=O)n(C2CCCCC2)c(=O)n3Cc2c(F)cccc2F)cc1. The minimum Gasteiger partial charge on any atom is -0.383 e. The fourth-order valence-corrected chi connectivity index (χ4v) is 7.25. The summed E-state index contributed by atoms with van der Waals surface area (Å²) < 4.78 is 37.9. The lowest BCUT2D eigenvalue weighted by atomic mass is 9.95. The Hall–Kier alpha value is -3.87. The molecule has 240 valence electrons. The average molecular weight is 640 g/mol. The van der Waals surface area contributed by atoms with Crippen molar-refractivity contribution in [3.63, 3.8) is 0 Å². The monoisotopic (exact) mass is 639 g/mol. The molecular weight excluding hydrogens is 600 g/mol. The van der Waals surface area contributed by atoms with Crippen molar-refractivity contribution in [2.75, 3.05) is 39.2 Å². The summed E-state index contributed by atoms with van der Waals surface area (Å²) in [5, 5.41) is 5.86. The van der Waals surface area contributed by atoms with Crippen LogP contribution in [0.25, 0.3) is 20.7 Å². The lowest BCUT2D eigenvalue weighted by molar-refractivity contribution is 0.159. The van der Waals surface area contributed by atoms with Crippen molar-refractivity contribution in [2.24, 2.45) is 0 Å². The molecule has 0 radical (unpaired) electrons. The summed E-state index contributed by atoms with van der Waals surface area (Å²) in [5.41, 5.74) is 0.943. The van der Waals surface area contributed by atoms with Gasteiger partial charge in [-0.15, -0.1) is 11.3 Å². The number of nitrogens with one attached hydrogen (secondary N) is 2. The third kappa shape index (κ3) is 7.03. The number of likely N-dealkylation sites (N-methyl/N-ethyl adjacent to an activating group) is 1. The minimum absolute atomic E-state index is 0.232. The Bertz CT molecular complexity index is 1760. The number of aromatic nitrogens is 2. The average Bonchev–Trinajstić information content (AvgIpc) is 3.39. The van der Waals surface area contributed by atoms with Crippen LogP contribution in [0.4, 0.5) is 19.3 Å². The summed E-state index contributed by atoms with van der Waals surface area (Å²) in [6, 6.07) is 10.3. The number of urea groups is 1. The quantitative estimate of drug-likeness (QED) is 0.212. The van der Waals surface area contributed by atoms with Crippen LogP contribution in [0, 0.1) is 11.6 Å². The molecule has 2 amide bonds. The Morgan fingerprint density at radius 1 is 1.04 bits per heavy atom. The third-order valence-electron chi connectivity index (χ3n) is 8.27. The van der Waals surface area contributed by atoms with E-state index < -0.39 is 17.3 Å². The Kier molecular flexibility index (Phi) is 10.5. The summed E-state index contributed by atoms with van der Waals surface area (Å²) in [6.45, 7) is 3.43. The summed E-state index contributed by atoms with van der Waals surface area (Å²) in [5.74, 6) is -1.51. The van der Waals surface area contributed by atoms with E-state index in [2.05, 4.69) is 10.6 Å². The van der Waals surface area contributed by atoms with Crippen molar-refractivity contribution in [2.45, 2.75) is 58.2 Å². The number of ether oxygens (including phenoxy) is 1. The molecule has 0 unspecified atom stereocenters. The van der Waals surface area contributed by atoms with E-state index in [1.54, 1.807) is 19.2 Å². The molecule has 1 aliphatic carbocycles. The van der Waals surface area contributed by atoms with Gasteiger partial charge < -0.3 is 15.4 Å². The number of methoxy groups -OCH3 is 1. The predicted molar refractivity (Wildman–Crippen MR) is 174 cm³/mol. The van der Waals surface area contributed by atoms with Gasteiger partial charge >= 0.3 is 11.7 Å². The molecule has 9 nitrogen and oxygen atoms in total. The summed E-state index contributed by atoms with van der Waals surface area (Å²) in [6.07, 6.45) is 4.21. The van der Waals surface area contributed by atoms with E-state index >= 15 is 0 Å². The molecule has 5 rings (SSSR count). The Balaban J connectivity index is 1.74. The summed E-state index contributed by atoms with van der Waals surface area (Å²) in [4.78, 5) is 43.8. The molecule has 1 saturated carbocycles. The first-order valence-electron chi connectivity index (χ1n) is 15.3. The fourth-order valence-electron chi connectivity index (χ4n) is 5.95. The van der Waals surface area contributed by atoms with Gasteiger partial charge in [-0.3, -0.25) is 18.8 Å². The maximum Gasteiger partial charge on any atom is 0.332 e. The third-order valence-corrected chi connectivity index (χ3v) is 9.57. The Labute approximate surface area is 264 Å². The van der Waals surface area contributed by atoms with Gasteiger partial charge in [0.25, 0.3) is 5.56 Å². The Morgan fingerprint density at radius 3 is 2.38 bits per heavy atom. The summed E-state index contributed by atoms with van der Waals surface area (Å²) >= 11 is 1.26. The predicted octanol–water partition coefficient (Wildman–Crippen LogP) is 5.94. The second-order valence-electron chi connectivity index (χ2n) is 11.4. The first kappa shape index (κ1) is 32.5. The van der Waals surface area contributed by atoms with Gasteiger partial charge in [-0.1, -0.05) is 37.5 Å². The van der Waals surface area contributed by atoms with Crippen LogP contribution in [0.3, 0.4) is 0 Å². The smallest absolute Gasteiger partial charge is 0.332 e. The van der Waals surface area contributed by atoms with Gasteiger partial charge in [-0.05, 0) is 62.2 Å². The molecule has 12 heteroatoms. The number of carbonyl (C=O) groups excluding carboxylic acids is 1. The van der Waals surface area contributed by atoms with Crippen molar-refractivity contribution < 1.29 is 18.3 Å². The maximum absolute atomic E-state index is 14.9. The largest absolute Gasteiger partial charge is 0.383 e. The van der Waals surface area contributed by atoms with Crippen LogP contribution >= 0.6 is 11.3 Å². The Morgan fingerprint density at radius 2 is 1.73 bits per heavy atom. The molecule has 2 aromatic carbocycles. The van der Waals surface area contributed by atoms with E-state index in [0.717, 1.165) is 35.3 Å². The molecule has 2 N–H and O–H groups in total. The number of benzene rings is 2. The first-order chi connectivity index (χ1) is 21.7. The van der Waals surface area contributed by atoms with Crippen molar-refractivity contribution in [3.05, 3.63) is 86.1 Å². The number of hydrogen-bond acceptors (Lipinski definition) is 6. The van der Waals surface area contributed by atoms with Crippen LogP contribution in [0.1, 0.15) is 56.2 Å². The normalized spacial score (nSPS) is 13.9. The number of halogens is 2. The van der Waals surface area contributed by atoms with E-state index in [-0.39, 0.29) is 29.7 Å². The van der Waals surface area contributed by atoms with Crippen molar-refractivity contribution in [1.29, 1.82) is 0 Å². The zero-order chi connectivity index (χ0) is 32.1. The first-order valence-corrected chi connectivity index (χ1v) is 16.1. The molecule has 2 heterocycles. The van der Waals surface area contributed by atoms with E-state index in [0.29, 0.717) is 55.0 Å². The maximum atomic E-state index is 14.9. The topological polar surface area (TPSA) is 97.6 Å². The zero-order valence-corrected chi connectivity index (χ0v) is 26.6. The second-order valence-corrected chi connectivity index (χ2v) is 12.4. The molecule has 0 spiro atoms. The highest BCUT2D eigenvalue weighted by atomic mass is 32.1. The molecule has 45 heavy (non-hydrogen) atoms. The van der Waals surface area contributed by atoms with Gasteiger partial charge in [0.15, 0.2) is 0 Å². The van der Waals surface area contributed by atoms with Gasteiger partial charge in [0.2, 0.25) is 0 Å². The van der Waals surface area contributed by atoms with Gasteiger partial charge in [0.1, 0.15) is 16.5 Å². The van der Waals surface area contributed by atoms with Crippen LogP contribution in [0.2, 0.25) is 0 Å². The van der Waals surface area contributed by atoms with Gasteiger partial charge in [0, 0.05) is 48.9 Å². The molecule has 0 atom stereocenters. The highest BCUT2D eigenvalue weighted by molar-refractivity contribution is 7.22. The summed E-state index contributed by atoms with van der Waals surface area (Å²) in [7, 11) is 3.55. The van der Waals surface area contributed by atoms with Gasteiger partial charge in [-0.25, -0.2) is 18.4 Å². The van der Waals surface area contributed by atoms with Crippen LogP contribution in [-0.2, 0) is 17.8 Å². The number of rotatable bonds is 11. The standard InChI is InChI=1S/C33H39F2N5O4S/c1-4-36-32(42)37-22-15-13-21(14-16-22)29-25(19-38(2)17-18-44-3)28-30(41)40(23-9-6-5-7-10-23)33(43)39(31(28)45-29)20-24-26(34)11-8-12-27(24)35/h8,11-16,23H,4-7,9-10,17-20H2,1-3H3,(H2,36,37,42). The number of amides is 2. The minimum atomic E-state index is -0.753. The highest BCUT2D eigenvalue weighted by Crippen LogP contribution is 2.39. The molecule has 1 fully saturated rings. The lowest BCUT2D eigenvalue weighted by Gasteiger charge is -2.24. The highest BCUT2D eigenvalue weighted by Gasteiger charge is 2.28. The van der Waals surface area contributed by atoms with Crippen LogP contribution in [0.5, 0.6) is 0 Å². The van der Waals surface area contributed by atoms with Crippen LogP contribution < -0.4 is 21.9 Å². The van der Waals surface area contributed by atoms with Crippen molar-refractivity contribution in [3.8, 4) is 10.4 Å². The molecule has 0 bridgehead atoms. The molecule has 0 aliphatic heterocycles. The number of thiophene rings is 1. The van der Waals surface area contributed by atoms with E-state index in [9.17, 15) is 23.2 Å². The molecule has 4 aromatic rings. The van der Waals surface area contributed by atoms with E-state index in [1.165, 1.54) is 38.7 Å². The second kappa shape index (κ2) is 14.5. The van der Waals surface area contributed by atoms with Gasteiger partial charge in [0.05, 0.1) is 18.5 Å². The van der Waals surface area contributed by atoms with Crippen LogP contribution in [-0.4, -0.2) is 53.9 Å². The zero-order valence-electron chi connectivity index (χ0n) is 25.8. The number of anilines is 1. The van der Waals surface area contributed by atoms with Crippen LogP contribution in [0.15, 0.2) is 52.1 Å².